The first-order valence-electron chi connectivity index (χ1n) is 6.72. The fourth-order valence-corrected chi connectivity index (χ4v) is 1.89. The highest BCUT2D eigenvalue weighted by Gasteiger charge is 2.07. The molecule has 2 rings (SSSR count). The smallest absolute Gasteiger partial charge is 0.165 e. The molecular formula is C16H19FN2O. The standard InChI is InChI=1S/C16H19FN2O/c1-3-13(18)7-12-8-14(10-19-9-12)20-16-6-11(2)4-5-15(16)17/h4-6,8-10,13H,3,7,18H2,1-2H3. The second kappa shape index (κ2) is 6.48. The average Bonchev–Trinajstić information content (AvgIpc) is 2.43. The number of ether oxygens (including phenoxy) is 1. The van der Waals surface area contributed by atoms with E-state index in [-0.39, 0.29) is 17.6 Å². The number of hydrogen-bond donors (Lipinski definition) is 1. The van der Waals surface area contributed by atoms with Crippen molar-refractivity contribution in [1.82, 2.24) is 4.98 Å². The predicted molar refractivity (Wildman–Crippen MR) is 77.4 cm³/mol. The molecule has 0 bridgehead atoms. The Hall–Kier alpha value is -1.94. The Morgan fingerprint density at radius 2 is 2.10 bits per heavy atom. The Balaban J connectivity index is 2.17. The van der Waals surface area contributed by atoms with Gasteiger partial charge >= 0.3 is 0 Å². The lowest BCUT2D eigenvalue weighted by Crippen LogP contribution is -2.21. The number of hydrogen-bond acceptors (Lipinski definition) is 3. The van der Waals surface area contributed by atoms with E-state index < -0.39 is 0 Å². The first-order chi connectivity index (χ1) is 9.58. The number of benzene rings is 1. The first kappa shape index (κ1) is 14.5. The Labute approximate surface area is 118 Å². The van der Waals surface area contributed by atoms with Crippen molar-refractivity contribution in [1.29, 1.82) is 0 Å². The molecule has 0 amide bonds. The predicted octanol–water partition coefficient (Wildman–Crippen LogP) is 3.60. The minimum absolute atomic E-state index is 0.0998. The Kier molecular flexibility index (Phi) is 4.69. The van der Waals surface area contributed by atoms with Crippen LogP contribution in [-0.4, -0.2) is 11.0 Å². The van der Waals surface area contributed by atoms with Crippen LogP contribution in [0.5, 0.6) is 11.5 Å². The molecule has 1 aromatic carbocycles. The summed E-state index contributed by atoms with van der Waals surface area (Å²) in [5.41, 5.74) is 7.86. The van der Waals surface area contributed by atoms with E-state index in [1.54, 1.807) is 24.5 Å². The lowest BCUT2D eigenvalue weighted by atomic mass is 10.1. The van der Waals surface area contributed by atoms with E-state index in [1.807, 2.05) is 19.9 Å². The van der Waals surface area contributed by atoms with Crippen molar-refractivity contribution < 1.29 is 9.13 Å². The number of nitrogens with two attached hydrogens (primary N) is 1. The zero-order valence-corrected chi connectivity index (χ0v) is 11.8. The van der Waals surface area contributed by atoms with Gasteiger partial charge in [0, 0.05) is 12.2 Å². The molecule has 0 aliphatic heterocycles. The van der Waals surface area contributed by atoms with Crippen molar-refractivity contribution in [2.45, 2.75) is 32.7 Å². The van der Waals surface area contributed by atoms with Crippen LogP contribution in [0, 0.1) is 12.7 Å². The van der Waals surface area contributed by atoms with Crippen LogP contribution in [0.4, 0.5) is 4.39 Å². The van der Waals surface area contributed by atoms with Gasteiger partial charge in [0.05, 0.1) is 6.20 Å². The van der Waals surface area contributed by atoms with Crippen LogP contribution in [0.3, 0.4) is 0 Å². The summed E-state index contributed by atoms with van der Waals surface area (Å²) >= 11 is 0. The second-order valence-electron chi connectivity index (χ2n) is 4.94. The number of halogens is 1. The van der Waals surface area contributed by atoms with Crippen LogP contribution in [0.25, 0.3) is 0 Å². The fraction of sp³-hybridized carbons (Fsp3) is 0.312. The summed E-state index contributed by atoms with van der Waals surface area (Å²) in [6.45, 7) is 3.93. The molecule has 20 heavy (non-hydrogen) atoms. The van der Waals surface area contributed by atoms with E-state index in [9.17, 15) is 4.39 Å². The molecule has 106 valence electrons. The molecule has 3 nitrogen and oxygen atoms in total. The monoisotopic (exact) mass is 274 g/mol. The highest BCUT2D eigenvalue weighted by molar-refractivity contribution is 5.35. The lowest BCUT2D eigenvalue weighted by Gasteiger charge is -2.11. The minimum atomic E-state index is -0.383. The Morgan fingerprint density at radius 3 is 2.85 bits per heavy atom. The molecule has 2 aromatic rings. The van der Waals surface area contributed by atoms with E-state index in [1.165, 1.54) is 6.07 Å². The highest BCUT2D eigenvalue weighted by atomic mass is 19.1. The Morgan fingerprint density at radius 1 is 1.30 bits per heavy atom. The zero-order chi connectivity index (χ0) is 14.5. The number of nitrogens with zero attached hydrogens (tertiary/aromatic N) is 1. The molecule has 0 radical (unpaired) electrons. The highest BCUT2D eigenvalue weighted by Crippen LogP contribution is 2.25. The van der Waals surface area contributed by atoms with Gasteiger partial charge in [-0.2, -0.15) is 0 Å². The van der Waals surface area contributed by atoms with E-state index in [0.717, 1.165) is 24.0 Å². The Bertz CT molecular complexity index is 586. The number of rotatable bonds is 5. The van der Waals surface area contributed by atoms with E-state index in [0.29, 0.717) is 5.75 Å². The maximum absolute atomic E-state index is 13.7. The summed E-state index contributed by atoms with van der Waals surface area (Å²) in [4.78, 5) is 4.12. The fourth-order valence-electron chi connectivity index (χ4n) is 1.89. The van der Waals surface area contributed by atoms with E-state index in [4.69, 9.17) is 10.5 Å². The molecule has 4 heteroatoms. The van der Waals surface area contributed by atoms with Crippen molar-refractivity contribution >= 4 is 0 Å². The molecule has 1 aromatic heterocycles. The van der Waals surface area contributed by atoms with Gasteiger partial charge in [-0.3, -0.25) is 4.98 Å². The lowest BCUT2D eigenvalue weighted by molar-refractivity contribution is 0.439. The van der Waals surface area contributed by atoms with Gasteiger partial charge < -0.3 is 10.5 Å². The average molecular weight is 274 g/mol. The van der Waals surface area contributed by atoms with Crippen LogP contribution in [0.15, 0.2) is 36.7 Å². The summed E-state index contributed by atoms with van der Waals surface area (Å²) in [5, 5.41) is 0. The van der Waals surface area contributed by atoms with Crippen LogP contribution in [0.1, 0.15) is 24.5 Å². The normalized spacial score (nSPS) is 12.2. The SMILES string of the molecule is CCC(N)Cc1cncc(Oc2cc(C)ccc2F)c1. The maximum Gasteiger partial charge on any atom is 0.165 e. The van der Waals surface area contributed by atoms with Crippen LogP contribution in [0.2, 0.25) is 0 Å². The third-order valence-corrected chi connectivity index (χ3v) is 3.11. The van der Waals surface area contributed by atoms with Crippen molar-refractivity contribution in [2.24, 2.45) is 5.73 Å². The van der Waals surface area contributed by atoms with Gasteiger partial charge in [0.15, 0.2) is 11.6 Å². The van der Waals surface area contributed by atoms with E-state index in [2.05, 4.69) is 4.98 Å². The van der Waals surface area contributed by atoms with Crippen LogP contribution >= 0.6 is 0 Å². The molecule has 0 aliphatic carbocycles. The summed E-state index contributed by atoms with van der Waals surface area (Å²) in [6.07, 6.45) is 4.96. The molecule has 0 aliphatic rings. The maximum atomic E-state index is 13.7. The summed E-state index contributed by atoms with van der Waals surface area (Å²) in [7, 11) is 0. The van der Waals surface area contributed by atoms with Gasteiger partial charge in [-0.1, -0.05) is 13.0 Å². The summed E-state index contributed by atoms with van der Waals surface area (Å²) < 4.78 is 19.2. The minimum Gasteiger partial charge on any atom is -0.453 e. The molecule has 0 saturated carbocycles. The van der Waals surface area contributed by atoms with Crippen molar-refractivity contribution in [3.8, 4) is 11.5 Å². The van der Waals surface area contributed by atoms with Gasteiger partial charge in [-0.05, 0) is 49.1 Å². The van der Waals surface area contributed by atoms with Crippen molar-refractivity contribution in [2.75, 3.05) is 0 Å². The number of pyridine rings is 1. The van der Waals surface area contributed by atoms with Crippen molar-refractivity contribution in [3.63, 3.8) is 0 Å². The van der Waals surface area contributed by atoms with Gasteiger partial charge in [-0.15, -0.1) is 0 Å². The molecular weight excluding hydrogens is 255 g/mol. The van der Waals surface area contributed by atoms with Crippen LogP contribution in [-0.2, 0) is 6.42 Å². The first-order valence-corrected chi connectivity index (χ1v) is 6.72. The third-order valence-electron chi connectivity index (χ3n) is 3.11. The molecule has 0 saturated heterocycles. The number of aromatic nitrogens is 1. The topological polar surface area (TPSA) is 48.1 Å². The van der Waals surface area contributed by atoms with E-state index >= 15 is 0 Å². The largest absolute Gasteiger partial charge is 0.453 e. The molecule has 1 unspecified atom stereocenters. The molecule has 1 atom stereocenters. The second-order valence-corrected chi connectivity index (χ2v) is 4.94. The molecule has 1 heterocycles. The molecule has 0 fully saturated rings. The van der Waals surface area contributed by atoms with Crippen molar-refractivity contribution in [3.05, 3.63) is 53.6 Å². The summed E-state index contributed by atoms with van der Waals surface area (Å²) in [5.74, 6) is 0.352. The van der Waals surface area contributed by atoms with Gasteiger partial charge in [-0.25, -0.2) is 4.39 Å². The van der Waals surface area contributed by atoms with Gasteiger partial charge in [0.1, 0.15) is 5.75 Å². The molecule has 2 N–H and O–H groups in total. The summed E-state index contributed by atoms with van der Waals surface area (Å²) in [6, 6.07) is 6.72. The van der Waals surface area contributed by atoms with Crippen LogP contribution < -0.4 is 10.5 Å². The van der Waals surface area contributed by atoms with Gasteiger partial charge in [0.25, 0.3) is 0 Å². The third kappa shape index (κ3) is 3.78. The van der Waals surface area contributed by atoms with Gasteiger partial charge in [0.2, 0.25) is 0 Å². The molecule has 0 spiro atoms. The quantitative estimate of drug-likeness (QED) is 0.906. The number of aryl methyl sites for hydroxylation is 1. The zero-order valence-electron chi connectivity index (χ0n) is 11.8.